The molecule has 2 bridgehead atoms. The van der Waals surface area contributed by atoms with E-state index in [4.69, 9.17) is 0 Å². The van der Waals surface area contributed by atoms with Crippen molar-refractivity contribution in [3.05, 3.63) is 71.8 Å². The smallest absolute Gasteiger partial charge is 0.325 e. The van der Waals surface area contributed by atoms with Crippen LogP contribution < -0.4 is 0 Å². The molecule has 3 heterocycles. The van der Waals surface area contributed by atoms with Gasteiger partial charge in [0.1, 0.15) is 5.54 Å². The molecular weight excluding hydrogens is 298 g/mol. The second kappa shape index (κ2) is 6.06. The first-order chi connectivity index (χ1) is 11.7. The van der Waals surface area contributed by atoms with Crippen LogP contribution in [0.2, 0.25) is 0 Å². The van der Waals surface area contributed by atoms with Gasteiger partial charge in [0.15, 0.2) is 0 Å². The minimum Gasteiger partial charge on any atom is -0.480 e. The number of carboxylic acids is 1. The minimum absolute atomic E-state index is 0.138. The van der Waals surface area contributed by atoms with E-state index in [9.17, 15) is 9.90 Å². The zero-order chi connectivity index (χ0) is 16.6. The molecule has 24 heavy (non-hydrogen) atoms. The highest BCUT2D eigenvalue weighted by molar-refractivity contribution is 5.82. The van der Waals surface area contributed by atoms with Gasteiger partial charge < -0.3 is 5.11 Å². The molecule has 3 fully saturated rings. The van der Waals surface area contributed by atoms with Gasteiger partial charge in [0, 0.05) is 5.92 Å². The summed E-state index contributed by atoms with van der Waals surface area (Å²) in [6.45, 7) is 1.79. The maximum absolute atomic E-state index is 12.6. The summed E-state index contributed by atoms with van der Waals surface area (Å²) in [4.78, 5) is 14.8. The highest BCUT2D eigenvalue weighted by Gasteiger charge is 2.56. The molecule has 3 nitrogen and oxygen atoms in total. The maximum atomic E-state index is 12.6. The van der Waals surface area contributed by atoms with Crippen LogP contribution in [-0.4, -0.2) is 34.6 Å². The molecule has 0 aromatic heterocycles. The van der Waals surface area contributed by atoms with E-state index in [1.165, 1.54) is 0 Å². The van der Waals surface area contributed by atoms with Gasteiger partial charge in [0.05, 0.1) is 0 Å². The van der Waals surface area contributed by atoms with E-state index in [-0.39, 0.29) is 5.92 Å². The lowest BCUT2D eigenvalue weighted by atomic mass is 9.64. The highest BCUT2D eigenvalue weighted by Crippen LogP contribution is 2.49. The first-order valence-corrected chi connectivity index (χ1v) is 8.80. The first kappa shape index (κ1) is 15.4. The Morgan fingerprint density at radius 1 is 0.958 bits per heavy atom. The third-order valence-electron chi connectivity index (χ3n) is 5.89. The SMILES string of the molecule is O=C(O)C1(C(c2ccccc2)c2ccccc2)CC2CCN1CC2. The Morgan fingerprint density at radius 2 is 1.46 bits per heavy atom. The predicted molar refractivity (Wildman–Crippen MR) is 94.0 cm³/mol. The Kier molecular flexibility index (Phi) is 3.89. The molecule has 5 rings (SSSR count). The summed E-state index contributed by atoms with van der Waals surface area (Å²) in [5.41, 5.74) is 1.36. The van der Waals surface area contributed by atoms with Crippen LogP contribution in [-0.2, 0) is 4.79 Å². The molecule has 0 radical (unpaired) electrons. The topological polar surface area (TPSA) is 40.5 Å². The van der Waals surface area contributed by atoms with Gasteiger partial charge in [-0.05, 0) is 49.4 Å². The molecule has 0 amide bonds. The molecule has 2 aromatic rings. The van der Waals surface area contributed by atoms with Crippen molar-refractivity contribution >= 4 is 5.97 Å². The number of benzene rings is 2. The summed E-state index contributed by atoms with van der Waals surface area (Å²) >= 11 is 0. The van der Waals surface area contributed by atoms with Crippen molar-refractivity contribution in [1.29, 1.82) is 0 Å². The fourth-order valence-electron chi connectivity index (χ4n) is 4.79. The molecular formula is C21H23NO2. The van der Waals surface area contributed by atoms with E-state index >= 15 is 0 Å². The Morgan fingerprint density at radius 3 is 1.83 bits per heavy atom. The van der Waals surface area contributed by atoms with Crippen molar-refractivity contribution < 1.29 is 9.90 Å². The largest absolute Gasteiger partial charge is 0.480 e. The Balaban J connectivity index is 1.90. The van der Waals surface area contributed by atoms with Crippen molar-refractivity contribution in [3.8, 4) is 0 Å². The molecule has 3 aliphatic heterocycles. The van der Waals surface area contributed by atoms with Crippen molar-refractivity contribution in [2.24, 2.45) is 5.92 Å². The van der Waals surface area contributed by atoms with Crippen LogP contribution in [0.3, 0.4) is 0 Å². The standard InChI is InChI=1S/C21H23NO2/c23-20(24)21(15-16-11-13-22(21)14-12-16)19(17-7-3-1-4-8-17)18-9-5-2-6-10-18/h1-10,16,19H,11-15H2,(H,23,24). The molecule has 2 aromatic carbocycles. The monoisotopic (exact) mass is 321 g/mol. The number of fused-ring (bicyclic) bond motifs is 3. The third-order valence-corrected chi connectivity index (χ3v) is 5.89. The van der Waals surface area contributed by atoms with Crippen LogP contribution in [0.25, 0.3) is 0 Å². The molecule has 0 aliphatic carbocycles. The van der Waals surface area contributed by atoms with Crippen molar-refractivity contribution in [1.82, 2.24) is 4.90 Å². The molecule has 1 N–H and O–H groups in total. The molecule has 0 spiro atoms. The predicted octanol–water partition coefficient (Wildman–Crippen LogP) is 3.76. The Bertz CT molecular complexity index is 668. The molecule has 1 atom stereocenters. The summed E-state index contributed by atoms with van der Waals surface area (Å²) in [7, 11) is 0. The zero-order valence-corrected chi connectivity index (χ0v) is 13.8. The van der Waals surface area contributed by atoms with Gasteiger partial charge in [0.2, 0.25) is 0 Å². The van der Waals surface area contributed by atoms with Crippen LogP contribution in [0.1, 0.15) is 36.3 Å². The van der Waals surface area contributed by atoms with Gasteiger partial charge in [-0.15, -0.1) is 0 Å². The fraction of sp³-hybridized carbons (Fsp3) is 0.381. The molecule has 3 heteroatoms. The van der Waals surface area contributed by atoms with Crippen molar-refractivity contribution in [2.45, 2.75) is 30.7 Å². The zero-order valence-electron chi connectivity index (χ0n) is 13.8. The number of carboxylic acid groups (broad SMARTS) is 1. The highest BCUT2D eigenvalue weighted by atomic mass is 16.4. The Hall–Kier alpha value is -2.13. The van der Waals surface area contributed by atoms with E-state index in [2.05, 4.69) is 29.2 Å². The van der Waals surface area contributed by atoms with Crippen LogP contribution in [0, 0.1) is 5.92 Å². The molecule has 124 valence electrons. The number of nitrogens with zero attached hydrogens (tertiary/aromatic N) is 1. The summed E-state index contributed by atoms with van der Waals surface area (Å²) in [6, 6.07) is 20.3. The number of carbonyl (C=O) groups is 1. The average molecular weight is 321 g/mol. The first-order valence-electron chi connectivity index (χ1n) is 8.80. The van der Waals surface area contributed by atoms with Crippen molar-refractivity contribution in [3.63, 3.8) is 0 Å². The number of hydrogen-bond acceptors (Lipinski definition) is 2. The van der Waals surface area contributed by atoms with E-state index in [0.29, 0.717) is 5.92 Å². The summed E-state index contributed by atoms with van der Waals surface area (Å²) in [5, 5.41) is 10.4. The van der Waals surface area contributed by atoms with Gasteiger partial charge in [-0.3, -0.25) is 9.69 Å². The number of piperidine rings is 3. The van der Waals surface area contributed by atoms with Crippen LogP contribution >= 0.6 is 0 Å². The van der Waals surface area contributed by atoms with E-state index < -0.39 is 11.5 Å². The second-order valence-corrected chi connectivity index (χ2v) is 7.12. The van der Waals surface area contributed by atoms with Gasteiger partial charge in [0.25, 0.3) is 0 Å². The van der Waals surface area contributed by atoms with Gasteiger partial charge in [-0.25, -0.2) is 0 Å². The fourth-order valence-corrected chi connectivity index (χ4v) is 4.79. The number of hydrogen-bond donors (Lipinski definition) is 1. The average Bonchev–Trinajstić information content (AvgIpc) is 2.64. The van der Waals surface area contributed by atoms with Gasteiger partial charge in [-0.2, -0.15) is 0 Å². The van der Waals surface area contributed by atoms with E-state index in [1.807, 2.05) is 36.4 Å². The summed E-state index contributed by atoms with van der Waals surface area (Å²) in [6.07, 6.45) is 3.01. The molecule has 3 aliphatic rings. The van der Waals surface area contributed by atoms with Gasteiger partial charge in [-0.1, -0.05) is 60.7 Å². The Labute approximate surface area is 142 Å². The summed E-state index contributed by atoms with van der Waals surface area (Å²) in [5.74, 6) is -0.286. The van der Waals surface area contributed by atoms with Crippen molar-refractivity contribution in [2.75, 3.05) is 13.1 Å². The maximum Gasteiger partial charge on any atom is 0.325 e. The quantitative estimate of drug-likeness (QED) is 0.932. The second-order valence-electron chi connectivity index (χ2n) is 7.12. The molecule has 3 saturated heterocycles. The lowest BCUT2D eigenvalue weighted by Crippen LogP contribution is -2.65. The van der Waals surface area contributed by atoms with Crippen LogP contribution in [0.15, 0.2) is 60.7 Å². The summed E-state index contributed by atoms with van der Waals surface area (Å²) < 4.78 is 0. The van der Waals surface area contributed by atoms with Gasteiger partial charge >= 0.3 is 5.97 Å². The van der Waals surface area contributed by atoms with Crippen LogP contribution in [0.5, 0.6) is 0 Å². The van der Waals surface area contributed by atoms with E-state index in [1.54, 1.807) is 0 Å². The number of rotatable bonds is 4. The third kappa shape index (κ3) is 2.35. The van der Waals surface area contributed by atoms with E-state index in [0.717, 1.165) is 43.5 Å². The van der Waals surface area contributed by atoms with Crippen LogP contribution in [0.4, 0.5) is 0 Å². The lowest BCUT2D eigenvalue weighted by molar-refractivity contribution is -0.162. The molecule has 0 saturated carbocycles. The lowest BCUT2D eigenvalue weighted by Gasteiger charge is -2.55. The normalized spacial score (nSPS) is 28.9. The minimum atomic E-state index is -0.829. The number of aliphatic carboxylic acids is 1. The molecule has 1 unspecified atom stereocenters.